The van der Waals surface area contributed by atoms with E-state index in [1.807, 2.05) is 23.7 Å². The van der Waals surface area contributed by atoms with Gasteiger partial charge in [0.15, 0.2) is 0 Å². The predicted molar refractivity (Wildman–Crippen MR) is 133 cm³/mol. The smallest absolute Gasteiger partial charge is 0.363 e. The standard InChI is InChI=1S/C22H23BN8O2S/c1-33-23-30-9-7-29(8-10-30)20-3-5-24-13-19(20)27-21(32)18-2-6-25-22(28-18)31-14-17(12-26-31)16-4-11-34-15-16/h2-6,11-15,23H,7-10H2,1H3,(H,27,32). The van der Waals surface area contributed by atoms with Gasteiger partial charge in [0.2, 0.25) is 0 Å². The zero-order chi connectivity index (χ0) is 23.3. The summed E-state index contributed by atoms with van der Waals surface area (Å²) >= 11 is 1.62. The molecule has 0 radical (unpaired) electrons. The van der Waals surface area contributed by atoms with Gasteiger partial charge in [-0.1, -0.05) is 0 Å². The number of aromatic nitrogens is 5. The van der Waals surface area contributed by atoms with E-state index in [1.54, 1.807) is 54.0 Å². The van der Waals surface area contributed by atoms with Crippen molar-refractivity contribution in [2.45, 2.75) is 0 Å². The minimum atomic E-state index is -0.332. The topological polar surface area (TPSA) is 101 Å². The molecule has 0 aromatic carbocycles. The number of carbonyl (C=O) groups is 1. The molecule has 0 aliphatic carbocycles. The summed E-state index contributed by atoms with van der Waals surface area (Å²) in [6.45, 7) is 3.44. The molecular weight excluding hydrogens is 451 g/mol. The van der Waals surface area contributed by atoms with Crippen molar-refractivity contribution in [3.8, 4) is 17.1 Å². The minimum absolute atomic E-state index is 0.248. The summed E-state index contributed by atoms with van der Waals surface area (Å²) in [5.41, 5.74) is 3.87. The van der Waals surface area contributed by atoms with Gasteiger partial charge in [0.05, 0.1) is 23.8 Å². The Labute approximate surface area is 201 Å². The third-order valence-corrected chi connectivity index (χ3v) is 6.27. The summed E-state index contributed by atoms with van der Waals surface area (Å²) in [4.78, 5) is 30.5. The maximum absolute atomic E-state index is 13.1. The number of hydrogen-bond donors (Lipinski definition) is 1. The molecule has 4 aromatic heterocycles. The van der Waals surface area contributed by atoms with E-state index in [-0.39, 0.29) is 11.6 Å². The molecule has 1 aliphatic rings. The third kappa shape index (κ3) is 4.83. The van der Waals surface area contributed by atoms with Gasteiger partial charge < -0.3 is 19.7 Å². The predicted octanol–water partition coefficient (Wildman–Crippen LogP) is 2.07. The van der Waals surface area contributed by atoms with Crippen LogP contribution >= 0.6 is 11.3 Å². The molecule has 1 N–H and O–H groups in total. The van der Waals surface area contributed by atoms with Crippen LogP contribution in [0.1, 0.15) is 10.5 Å². The first kappa shape index (κ1) is 22.2. The van der Waals surface area contributed by atoms with Gasteiger partial charge in [-0.2, -0.15) is 16.4 Å². The van der Waals surface area contributed by atoms with Crippen LogP contribution in [0.4, 0.5) is 11.4 Å². The third-order valence-electron chi connectivity index (χ3n) is 5.59. The lowest BCUT2D eigenvalue weighted by Gasteiger charge is -2.36. The Morgan fingerprint density at radius 1 is 1.12 bits per heavy atom. The Morgan fingerprint density at radius 3 is 2.79 bits per heavy atom. The Bertz CT molecular complexity index is 1260. The fourth-order valence-electron chi connectivity index (χ4n) is 3.84. The molecule has 1 amide bonds. The van der Waals surface area contributed by atoms with Gasteiger partial charge in [-0.3, -0.25) is 9.78 Å². The van der Waals surface area contributed by atoms with Crippen molar-refractivity contribution in [2.75, 3.05) is 43.5 Å². The van der Waals surface area contributed by atoms with Gasteiger partial charge in [0, 0.05) is 57.4 Å². The second-order valence-electron chi connectivity index (χ2n) is 7.80. The maximum Gasteiger partial charge on any atom is 0.363 e. The lowest BCUT2D eigenvalue weighted by atomic mass is 10.1. The summed E-state index contributed by atoms with van der Waals surface area (Å²) in [6, 6.07) is 5.53. The van der Waals surface area contributed by atoms with Crippen molar-refractivity contribution in [1.82, 2.24) is 29.5 Å². The molecule has 0 unspecified atom stereocenters. The van der Waals surface area contributed by atoms with Crippen molar-refractivity contribution in [1.29, 1.82) is 0 Å². The molecule has 1 fully saturated rings. The highest BCUT2D eigenvalue weighted by Gasteiger charge is 2.21. The minimum Gasteiger partial charge on any atom is -0.427 e. The molecular formula is C22H23BN8O2S. The quantitative estimate of drug-likeness (QED) is 0.407. The monoisotopic (exact) mass is 474 g/mol. The van der Waals surface area contributed by atoms with Gasteiger partial charge in [0.25, 0.3) is 11.9 Å². The van der Waals surface area contributed by atoms with Gasteiger partial charge in [-0.25, -0.2) is 14.6 Å². The highest BCUT2D eigenvalue weighted by Crippen LogP contribution is 2.26. The molecule has 0 spiro atoms. The van der Waals surface area contributed by atoms with Crippen LogP contribution in [0.25, 0.3) is 17.1 Å². The average Bonchev–Trinajstić information content (AvgIpc) is 3.58. The number of pyridine rings is 1. The number of hydrogen-bond acceptors (Lipinski definition) is 9. The average molecular weight is 474 g/mol. The Morgan fingerprint density at radius 2 is 2.00 bits per heavy atom. The van der Waals surface area contributed by atoms with Crippen molar-refractivity contribution in [3.63, 3.8) is 0 Å². The Kier molecular flexibility index (Phi) is 6.61. The summed E-state index contributed by atoms with van der Waals surface area (Å²) in [6.07, 6.45) is 8.56. The van der Waals surface area contributed by atoms with E-state index in [4.69, 9.17) is 4.65 Å². The van der Waals surface area contributed by atoms with Crippen LogP contribution in [0.15, 0.2) is 59.9 Å². The lowest BCUT2D eigenvalue weighted by molar-refractivity contribution is 0.102. The number of anilines is 2. The van der Waals surface area contributed by atoms with Crippen LogP contribution in [0.5, 0.6) is 0 Å². The van der Waals surface area contributed by atoms with Crippen molar-refractivity contribution >= 4 is 36.2 Å². The SMILES string of the molecule is COBN1CCN(c2ccncc2NC(=O)c2ccnc(-n3cc(-c4ccsc4)cn3)n2)CC1. The number of thiophene rings is 1. The Hall–Kier alpha value is -3.61. The largest absolute Gasteiger partial charge is 0.427 e. The maximum atomic E-state index is 13.1. The van der Waals surface area contributed by atoms with Gasteiger partial charge in [-0.05, 0) is 34.5 Å². The van der Waals surface area contributed by atoms with Crippen LogP contribution in [-0.2, 0) is 4.65 Å². The first-order valence-electron chi connectivity index (χ1n) is 10.8. The molecule has 1 aliphatic heterocycles. The van der Waals surface area contributed by atoms with Crippen LogP contribution in [0, 0.1) is 0 Å². The summed E-state index contributed by atoms with van der Waals surface area (Å²) in [5, 5.41) is 11.4. The normalized spacial score (nSPS) is 14.2. The second kappa shape index (κ2) is 10.1. The number of amides is 1. The highest BCUT2D eigenvalue weighted by atomic mass is 32.1. The number of rotatable bonds is 7. The summed E-state index contributed by atoms with van der Waals surface area (Å²) in [7, 11) is 2.32. The first-order valence-corrected chi connectivity index (χ1v) is 11.8. The number of nitrogens with zero attached hydrogens (tertiary/aromatic N) is 7. The molecule has 12 heteroatoms. The van der Waals surface area contributed by atoms with Gasteiger partial charge >= 0.3 is 7.62 Å². The Balaban J connectivity index is 1.31. The van der Waals surface area contributed by atoms with Crippen molar-refractivity contribution in [3.05, 3.63) is 65.6 Å². The molecule has 172 valence electrons. The first-order chi connectivity index (χ1) is 16.7. The van der Waals surface area contributed by atoms with Crippen LogP contribution in [-0.4, -0.2) is 76.4 Å². The van der Waals surface area contributed by atoms with Crippen LogP contribution < -0.4 is 10.2 Å². The van der Waals surface area contributed by atoms with Crippen molar-refractivity contribution < 1.29 is 9.45 Å². The summed E-state index contributed by atoms with van der Waals surface area (Å²) < 4.78 is 6.80. The van der Waals surface area contributed by atoms with Crippen LogP contribution in [0.2, 0.25) is 0 Å². The molecule has 1 saturated heterocycles. The van der Waals surface area contributed by atoms with Crippen molar-refractivity contribution in [2.24, 2.45) is 0 Å². The number of nitrogens with one attached hydrogen (secondary N) is 1. The number of carbonyl (C=O) groups excluding carboxylic acids is 1. The molecule has 4 aromatic rings. The van der Waals surface area contributed by atoms with E-state index in [1.165, 1.54) is 0 Å². The van der Waals surface area contributed by atoms with Gasteiger partial charge in [0.1, 0.15) is 5.69 Å². The fraction of sp³-hybridized carbons (Fsp3) is 0.227. The molecule has 5 rings (SSSR count). The van der Waals surface area contributed by atoms with E-state index in [0.717, 1.165) is 43.0 Å². The van der Waals surface area contributed by atoms with Crippen LogP contribution in [0.3, 0.4) is 0 Å². The zero-order valence-corrected chi connectivity index (χ0v) is 19.5. The fourth-order valence-corrected chi connectivity index (χ4v) is 4.51. The van der Waals surface area contributed by atoms with Gasteiger partial charge in [-0.15, -0.1) is 0 Å². The van der Waals surface area contributed by atoms with E-state index >= 15 is 0 Å². The van der Waals surface area contributed by atoms with E-state index in [2.05, 4.69) is 40.5 Å². The number of piperazine rings is 1. The molecule has 5 heterocycles. The molecule has 0 saturated carbocycles. The van der Waals surface area contributed by atoms with E-state index < -0.39 is 0 Å². The highest BCUT2D eigenvalue weighted by molar-refractivity contribution is 7.08. The lowest BCUT2D eigenvalue weighted by Crippen LogP contribution is -2.48. The molecule has 0 atom stereocenters. The summed E-state index contributed by atoms with van der Waals surface area (Å²) in [5.74, 6) is -0.00376. The zero-order valence-electron chi connectivity index (χ0n) is 18.7. The van der Waals surface area contributed by atoms with E-state index in [0.29, 0.717) is 19.3 Å². The molecule has 10 nitrogen and oxygen atoms in total. The van der Waals surface area contributed by atoms with E-state index in [9.17, 15) is 4.79 Å². The molecule has 34 heavy (non-hydrogen) atoms. The molecule has 0 bridgehead atoms. The second-order valence-corrected chi connectivity index (χ2v) is 8.58.